The Morgan fingerprint density at radius 1 is 1.38 bits per heavy atom. The van der Waals surface area contributed by atoms with E-state index in [1.165, 1.54) is 0 Å². The largest absolute Gasteiger partial charge is 0.506 e. The van der Waals surface area contributed by atoms with Gasteiger partial charge in [-0.15, -0.1) is 0 Å². The van der Waals surface area contributed by atoms with Gasteiger partial charge in [0.1, 0.15) is 5.75 Å². The summed E-state index contributed by atoms with van der Waals surface area (Å²) < 4.78 is 0. The van der Waals surface area contributed by atoms with Crippen LogP contribution in [-0.4, -0.2) is 29.2 Å². The first-order chi connectivity index (χ1) is 6.11. The topological polar surface area (TPSA) is 35.5 Å². The molecular formula is C9H12N2OS. The van der Waals surface area contributed by atoms with E-state index in [0.29, 0.717) is 10.8 Å². The maximum absolute atomic E-state index is 9.40. The van der Waals surface area contributed by atoms with Crippen LogP contribution in [-0.2, 0) is 0 Å². The molecule has 1 aromatic rings. The number of phenolic OH excluding ortho intramolecular Hbond substituents is 1. The molecule has 0 aromatic heterocycles. The van der Waals surface area contributed by atoms with E-state index in [1.54, 1.807) is 23.1 Å². The number of hydrogen-bond acceptors (Lipinski definition) is 2. The number of nitrogens with zero attached hydrogens (tertiary/aromatic N) is 1. The van der Waals surface area contributed by atoms with E-state index in [4.69, 9.17) is 12.2 Å². The fourth-order valence-electron chi connectivity index (χ4n) is 0.806. The third kappa shape index (κ3) is 2.59. The average Bonchev–Trinajstić information content (AvgIpc) is 2.08. The molecule has 1 rings (SSSR count). The van der Waals surface area contributed by atoms with Crippen LogP contribution in [0.5, 0.6) is 5.75 Å². The maximum atomic E-state index is 9.40. The summed E-state index contributed by atoms with van der Waals surface area (Å²) in [4.78, 5) is 1.77. The molecule has 0 saturated carbocycles. The molecule has 0 amide bonds. The van der Waals surface area contributed by atoms with E-state index < -0.39 is 0 Å². The first-order valence-corrected chi connectivity index (χ1v) is 4.28. The minimum absolute atomic E-state index is 0.201. The Morgan fingerprint density at radius 2 is 2.00 bits per heavy atom. The molecule has 0 heterocycles. The molecule has 13 heavy (non-hydrogen) atoms. The summed E-state index contributed by atoms with van der Waals surface area (Å²) in [6.07, 6.45) is 0. The van der Waals surface area contributed by atoms with Crippen molar-refractivity contribution in [2.45, 2.75) is 0 Å². The van der Waals surface area contributed by atoms with E-state index in [2.05, 4.69) is 5.32 Å². The molecule has 0 bridgehead atoms. The van der Waals surface area contributed by atoms with Crippen molar-refractivity contribution in [1.29, 1.82) is 0 Å². The average molecular weight is 196 g/mol. The molecule has 4 heteroatoms. The second-order valence-corrected chi connectivity index (χ2v) is 3.23. The van der Waals surface area contributed by atoms with Gasteiger partial charge in [-0.3, -0.25) is 0 Å². The van der Waals surface area contributed by atoms with Gasteiger partial charge in [0.2, 0.25) is 0 Å². The predicted octanol–water partition coefficient (Wildman–Crippen LogP) is 1.65. The van der Waals surface area contributed by atoms with Crippen molar-refractivity contribution in [3.63, 3.8) is 0 Å². The number of para-hydroxylation sites is 2. The summed E-state index contributed by atoms with van der Waals surface area (Å²) in [5.41, 5.74) is 0.626. The highest BCUT2D eigenvalue weighted by Gasteiger charge is 2.02. The molecule has 1 aromatic carbocycles. The van der Waals surface area contributed by atoms with Gasteiger partial charge in [0.05, 0.1) is 5.69 Å². The molecule has 0 spiro atoms. The van der Waals surface area contributed by atoms with E-state index >= 15 is 0 Å². The molecule has 70 valence electrons. The Kier molecular flexibility index (Phi) is 3.08. The van der Waals surface area contributed by atoms with Crippen molar-refractivity contribution in [3.05, 3.63) is 24.3 Å². The molecule has 0 radical (unpaired) electrons. The number of phenols is 1. The van der Waals surface area contributed by atoms with Crippen LogP contribution in [0.4, 0.5) is 5.69 Å². The van der Waals surface area contributed by atoms with Crippen molar-refractivity contribution in [2.24, 2.45) is 0 Å². The fourth-order valence-corrected chi connectivity index (χ4v) is 0.916. The summed E-state index contributed by atoms with van der Waals surface area (Å²) in [6, 6.07) is 6.98. The zero-order valence-corrected chi connectivity index (χ0v) is 8.43. The van der Waals surface area contributed by atoms with Crippen molar-refractivity contribution in [3.8, 4) is 5.75 Å². The van der Waals surface area contributed by atoms with Gasteiger partial charge >= 0.3 is 0 Å². The van der Waals surface area contributed by atoms with Gasteiger partial charge in [-0.05, 0) is 24.4 Å². The number of rotatable bonds is 1. The maximum Gasteiger partial charge on any atom is 0.172 e. The highest BCUT2D eigenvalue weighted by atomic mass is 32.1. The van der Waals surface area contributed by atoms with Gasteiger partial charge in [-0.2, -0.15) is 0 Å². The highest BCUT2D eigenvalue weighted by Crippen LogP contribution is 2.21. The lowest BCUT2D eigenvalue weighted by Gasteiger charge is -2.15. The summed E-state index contributed by atoms with van der Waals surface area (Å²) >= 11 is 5.02. The Balaban J connectivity index is 2.75. The molecule has 0 saturated heterocycles. The van der Waals surface area contributed by atoms with Crippen LogP contribution in [0, 0.1) is 0 Å². The number of nitrogens with one attached hydrogen (secondary N) is 1. The lowest BCUT2D eigenvalue weighted by molar-refractivity contribution is 0.477. The zero-order chi connectivity index (χ0) is 9.84. The quantitative estimate of drug-likeness (QED) is 0.529. The minimum atomic E-state index is 0.201. The highest BCUT2D eigenvalue weighted by molar-refractivity contribution is 7.80. The molecule has 0 fully saturated rings. The van der Waals surface area contributed by atoms with Crippen LogP contribution >= 0.6 is 12.2 Å². The third-order valence-corrected chi connectivity index (χ3v) is 2.02. The van der Waals surface area contributed by atoms with Gasteiger partial charge in [0.25, 0.3) is 0 Å². The van der Waals surface area contributed by atoms with Gasteiger partial charge in [0, 0.05) is 14.1 Å². The standard InChI is InChI=1S/C9H12N2OS/c1-11(2)9(13)10-7-5-3-4-6-8(7)12/h3-6,12H,1-2H3,(H,10,13). The van der Waals surface area contributed by atoms with Crippen LogP contribution in [0.3, 0.4) is 0 Å². The Bertz CT molecular complexity index is 312. The van der Waals surface area contributed by atoms with E-state index in [1.807, 2.05) is 20.2 Å². The fraction of sp³-hybridized carbons (Fsp3) is 0.222. The van der Waals surface area contributed by atoms with E-state index in [9.17, 15) is 5.11 Å². The number of anilines is 1. The Labute approximate surface area is 83.0 Å². The molecule has 0 aliphatic heterocycles. The predicted molar refractivity (Wildman–Crippen MR) is 58.0 cm³/mol. The number of benzene rings is 1. The molecule has 0 atom stereocenters. The smallest absolute Gasteiger partial charge is 0.172 e. The van der Waals surface area contributed by atoms with Crippen LogP contribution in [0.15, 0.2) is 24.3 Å². The second-order valence-electron chi connectivity index (χ2n) is 2.84. The molecule has 3 nitrogen and oxygen atoms in total. The number of aromatic hydroxyl groups is 1. The Morgan fingerprint density at radius 3 is 2.54 bits per heavy atom. The first-order valence-electron chi connectivity index (χ1n) is 3.87. The Hall–Kier alpha value is -1.29. The number of thiocarbonyl (C=S) groups is 1. The lowest BCUT2D eigenvalue weighted by atomic mass is 10.3. The van der Waals surface area contributed by atoms with Gasteiger partial charge in [-0.25, -0.2) is 0 Å². The van der Waals surface area contributed by atoms with Crippen LogP contribution < -0.4 is 5.32 Å². The first kappa shape index (κ1) is 9.80. The monoisotopic (exact) mass is 196 g/mol. The van der Waals surface area contributed by atoms with E-state index in [0.717, 1.165) is 0 Å². The minimum Gasteiger partial charge on any atom is -0.506 e. The lowest BCUT2D eigenvalue weighted by Crippen LogP contribution is -2.26. The second kappa shape index (κ2) is 4.09. The molecule has 0 aliphatic carbocycles. The summed E-state index contributed by atoms with van der Waals surface area (Å²) in [5, 5.41) is 12.9. The van der Waals surface area contributed by atoms with Crippen molar-refractivity contribution >= 4 is 23.0 Å². The van der Waals surface area contributed by atoms with E-state index in [-0.39, 0.29) is 5.75 Å². The van der Waals surface area contributed by atoms with Gasteiger partial charge in [-0.1, -0.05) is 12.1 Å². The van der Waals surface area contributed by atoms with Crippen LogP contribution in [0.1, 0.15) is 0 Å². The molecule has 2 N–H and O–H groups in total. The summed E-state index contributed by atoms with van der Waals surface area (Å²) in [6.45, 7) is 0. The van der Waals surface area contributed by atoms with Crippen molar-refractivity contribution in [1.82, 2.24) is 4.90 Å². The summed E-state index contributed by atoms with van der Waals surface area (Å²) in [5.74, 6) is 0.201. The normalized spacial score (nSPS) is 9.38. The van der Waals surface area contributed by atoms with Crippen LogP contribution in [0.25, 0.3) is 0 Å². The zero-order valence-electron chi connectivity index (χ0n) is 7.61. The van der Waals surface area contributed by atoms with Gasteiger partial charge in [0.15, 0.2) is 5.11 Å². The molecular weight excluding hydrogens is 184 g/mol. The summed E-state index contributed by atoms with van der Waals surface area (Å²) in [7, 11) is 3.69. The molecule has 0 aliphatic rings. The number of hydrogen-bond donors (Lipinski definition) is 2. The van der Waals surface area contributed by atoms with Crippen LogP contribution in [0.2, 0.25) is 0 Å². The van der Waals surface area contributed by atoms with Crippen molar-refractivity contribution < 1.29 is 5.11 Å². The van der Waals surface area contributed by atoms with Gasteiger partial charge < -0.3 is 15.3 Å². The molecule has 0 unspecified atom stereocenters. The third-order valence-electron chi connectivity index (χ3n) is 1.55. The van der Waals surface area contributed by atoms with Crippen molar-refractivity contribution in [2.75, 3.05) is 19.4 Å². The SMILES string of the molecule is CN(C)C(=S)Nc1ccccc1O.